The number of nitrogens with zero attached hydrogens (tertiary/aromatic N) is 2. The van der Waals surface area contributed by atoms with Gasteiger partial charge in [0.2, 0.25) is 29.5 Å². The van der Waals surface area contributed by atoms with Gasteiger partial charge in [0, 0.05) is 26.4 Å². The Labute approximate surface area is 238 Å². The first-order valence-electron chi connectivity index (χ1n) is 13.0. The molecule has 16 nitrogen and oxygen atoms in total. The van der Waals surface area contributed by atoms with Gasteiger partial charge in [0.05, 0.1) is 6.54 Å². The monoisotopic (exact) mass is 575 g/mol. The third-order valence-electron chi connectivity index (χ3n) is 5.57. The number of nitrogens with two attached hydrogens (primary N) is 5. The van der Waals surface area contributed by atoms with Gasteiger partial charge in [0.1, 0.15) is 18.1 Å². The molecule has 1 rings (SSSR count). The summed E-state index contributed by atoms with van der Waals surface area (Å²) in [4.78, 5) is 70.1. The Balaban J connectivity index is 3.12. The van der Waals surface area contributed by atoms with Crippen LogP contribution in [0.1, 0.15) is 38.2 Å². The predicted octanol–water partition coefficient (Wildman–Crippen LogP) is -3.59. The molecule has 0 saturated heterocycles. The third-order valence-corrected chi connectivity index (χ3v) is 5.57. The van der Waals surface area contributed by atoms with E-state index >= 15 is 0 Å². The first kappa shape index (κ1) is 34.1. The average Bonchev–Trinajstić information content (AvgIpc) is 2.90. The highest BCUT2D eigenvalue weighted by atomic mass is 16.2. The van der Waals surface area contributed by atoms with Gasteiger partial charge in [-0.25, -0.2) is 0 Å². The predicted molar refractivity (Wildman–Crippen MR) is 154 cm³/mol. The quantitative estimate of drug-likeness (QED) is 0.0474. The molecule has 0 radical (unpaired) electrons. The summed E-state index contributed by atoms with van der Waals surface area (Å²) in [7, 11) is 0. The van der Waals surface area contributed by atoms with Crippen molar-refractivity contribution in [2.75, 3.05) is 19.6 Å². The van der Waals surface area contributed by atoms with Crippen LogP contribution in [0, 0.1) is 0 Å². The molecule has 0 aliphatic carbocycles. The number of primary amides is 1. The lowest BCUT2D eigenvalue weighted by molar-refractivity contribution is -0.134. The van der Waals surface area contributed by atoms with Crippen LogP contribution in [0.25, 0.3) is 0 Å². The van der Waals surface area contributed by atoms with Gasteiger partial charge in [0.15, 0.2) is 11.9 Å². The molecule has 0 aromatic heterocycles. The largest absolute Gasteiger partial charge is 0.370 e. The van der Waals surface area contributed by atoms with Gasteiger partial charge in [-0.05, 0) is 31.2 Å². The molecule has 3 atom stereocenters. The number of carbonyl (C=O) groups excluding carboxylic acids is 5. The van der Waals surface area contributed by atoms with Crippen molar-refractivity contribution in [2.24, 2.45) is 38.7 Å². The lowest BCUT2D eigenvalue weighted by Gasteiger charge is -2.25. The second-order valence-corrected chi connectivity index (χ2v) is 9.15. The summed E-state index contributed by atoms with van der Waals surface area (Å²) in [6.07, 6.45) is 1.02. The fourth-order valence-corrected chi connectivity index (χ4v) is 3.69. The van der Waals surface area contributed by atoms with Gasteiger partial charge < -0.3 is 49.9 Å². The lowest BCUT2D eigenvalue weighted by atomic mass is 10.0. The maximum absolute atomic E-state index is 13.4. The van der Waals surface area contributed by atoms with E-state index in [0.717, 1.165) is 5.56 Å². The number of aliphatic imine (C=N–C) groups is 2. The molecule has 226 valence electrons. The number of carbonyl (C=O) groups is 5. The van der Waals surface area contributed by atoms with E-state index in [2.05, 4.69) is 31.3 Å². The Kier molecular flexibility index (Phi) is 15.3. The van der Waals surface area contributed by atoms with Gasteiger partial charge in [-0.1, -0.05) is 30.3 Å². The molecule has 41 heavy (non-hydrogen) atoms. The molecule has 0 fully saturated rings. The summed E-state index contributed by atoms with van der Waals surface area (Å²) in [5.74, 6) is -3.39. The van der Waals surface area contributed by atoms with Crippen molar-refractivity contribution in [3.63, 3.8) is 0 Å². The average molecular weight is 576 g/mol. The molecule has 0 aliphatic rings. The van der Waals surface area contributed by atoms with Crippen LogP contribution in [0.2, 0.25) is 0 Å². The van der Waals surface area contributed by atoms with Crippen molar-refractivity contribution in [3.8, 4) is 0 Å². The Bertz CT molecular complexity index is 1090. The molecule has 0 bridgehead atoms. The highest BCUT2D eigenvalue weighted by Gasteiger charge is 2.29. The summed E-state index contributed by atoms with van der Waals surface area (Å²) in [6, 6.07) is 5.84. The molecular formula is C25H41N11O5. The fourth-order valence-electron chi connectivity index (χ4n) is 3.69. The first-order chi connectivity index (χ1) is 19.4. The van der Waals surface area contributed by atoms with Crippen LogP contribution in [0.3, 0.4) is 0 Å². The van der Waals surface area contributed by atoms with Crippen LogP contribution in [-0.4, -0.2) is 79.2 Å². The number of benzene rings is 1. The number of amides is 5. The van der Waals surface area contributed by atoms with Crippen LogP contribution < -0.4 is 49.9 Å². The van der Waals surface area contributed by atoms with Gasteiger partial charge in [-0.2, -0.15) is 0 Å². The minimum Gasteiger partial charge on any atom is -0.370 e. The zero-order chi connectivity index (χ0) is 30.8. The summed E-state index contributed by atoms with van der Waals surface area (Å²) in [5.41, 5.74) is 27.3. The number of rotatable bonds is 18. The van der Waals surface area contributed by atoms with E-state index in [9.17, 15) is 24.0 Å². The van der Waals surface area contributed by atoms with Crippen LogP contribution in [-0.2, 0) is 30.4 Å². The standard InChI is InChI=1S/C25H41N11O5/c1-15(37)34-19(13-16-7-3-2-4-8-16)23(41)36-18(10-6-12-32-25(29)30)22(40)35-17(9-5-11-31-24(27)28)21(39)33-14-20(26)38/h2-4,7-8,17-19H,5-6,9-14H2,1H3,(H2,26,38)(H,33,39)(H,34,37)(H,35,40)(H,36,41)(H4,27,28,31)(H4,29,30,32)/t17-,18-,19-/m0/s1. The molecule has 14 N–H and O–H groups in total. The van der Waals surface area contributed by atoms with Crippen LogP contribution >= 0.6 is 0 Å². The van der Waals surface area contributed by atoms with Gasteiger partial charge in [-0.15, -0.1) is 0 Å². The molecule has 0 unspecified atom stereocenters. The van der Waals surface area contributed by atoms with Crippen molar-refractivity contribution in [1.82, 2.24) is 21.3 Å². The van der Waals surface area contributed by atoms with Crippen molar-refractivity contribution in [2.45, 2.75) is 57.2 Å². The zero-order valence-electron chi connectivity index (χ0n) is 23.1. The van der Waals surface area contributed by atoms with Crippen LogP contribution in [0.5, 0.6) is 0 Å². The third kappa shape index (κ3) is 15.3. The molecule has 0 saturated carbocycles. The number of guanidine groups is 2. The Morgan fingerprint density at radius 3 is 1.66 bits per heavy atom. The molecule has 1 aromatic rings. The molecule has 1 aromatic carbocycles. The topological polar surface area (TPSA) is 288 Å². The zero-order valence-corrected chi connectivity index (χ0v) is 23.1. The van der Waals surface area contributed by atoms with Crippen molar-refractivity contribution in [3.05, 3.63) is 35.9 Å². The molecule has 16 heteroatoms. The van der Waals surface area contributed by atoms with Crippen molar-refractivity contribution < 1.29 is 24.0 Å². The maximum atomic E-state index is 13.4. The smallest absolute Gasteiger partial charge is 0.243 e. The SMILES string of the molecule is CC(=O)N[C@@H](Cc1ccccc1)C(=O)N[C@@H](CCCN=C(N)N)C(=O)N[C@@H](CCCN=C(N)N)C(=O)NCC(N)=O. The molecule has 5 amide bonds. The Hall–Kier alpha value is -4.89. The fraction of sp³-hybridized carbons (Fsp3) is 0.480. The highest BCUT2D eigenvalue weighted by molar-refractivity contribution is 5.94. The normalized spacial score (nSPS) is 12.5. The molecule has 0 spiro atoms. The number of hydrogen-bond acceptors (Lipinski definition) is 7. The van der Waals surface area contributed by atoms with E-state index in [4.69, 9.17) is 28.7 Å². The lowest BCUT2D eigenvalue weighted by Crippen LogP contribution is -2.57. The molecular weight excluding hydrogens is 534 g/mol. The van der Waals surface area contributed by atoms with E-state index in [1.165, 1.54) is 6.92 Å². The van der Waals surface area contributed by atoms with E-state index in [0.29, 0.717) is 12.8 Å². The summed E-state index contributed by atoms with van der Waals surface area (Å²) in [5, 5.41) is 10.2. The molecule has 0 heterocycles. The van der Waals surface area contributed by atoms with Crippen LogP contribution in [0.4, 0.5) is 0 Å². The molecule has 0 aliphatic heterocycles. The van der Waals surface area contributed by atoms with Gasteiger partial charge in [0.25, 0.3) is 0 Å². The Morgan fingerprint density at radius 2 is 1.20 bits per heavy atom. The van der Waals surface area contributed by atoms with Gasteiger partial charge in [-0.3, -0.25) is 34.0 Å². The minimum absolute atomic E-state index is 0.107. The first-order valence-corrected chi connectivity index (χ1v) is 13.0. The maximum Gasteiger partial charge on any atom is 0.243 e. The Morgan fingerprint density at radius 1 is 0.707 bits per heavy atom. The summed E-state index contributed by atoms with van der Waals surface area (Å²) < 4.78 is 0. The van der Waals surface area contributed by atoms with Gasteiger partial charge >= 0.3 is 0 Å². The van der Waals surface area contributed by atoms with Crippen LogP contribution in [0.15, 0.2) is 40.3 Å². The minimum atomic E-state index is -1.12. The summed E-state index contributed by atoms with van der Waals surface area (Å²) in [6.45, 7) is 1.22. The second-order valence-electron chi connectivity index (χ2n) is 9.15. The van der Waals surface area contributed by atoms with E-state index in [1.807, 2.05) is 6.07 Å². The van der Waals surface area contributed by atoms with Crippen molar-refractivity contribution in [1.29, 1.82) is 0 Å². The number of nitrogens with one attached hydrogen (secondary N) is 4. The summed E-state index contributed by atoms with van der Waals surface area (Å²) >= 11 is 0. The highest BCUT2D eigenvalue weighted by Crippen LogP contribution is 2.07. The van der Waals surface area contributed by atoms with E-state index < -0.39 is 54.2 Å². The second kappa shape index (κ2) is 18.4. The van der Waals surface area contributed by atoms with E-state index in [1.54, 1.807) is 24.3 Å². The van der Waals surface area contributed by atoms with Crippen molar-refractivity contribution >= 4 is 41.5 Å². The van der Waals surface area contributed by atoms with E-state index in [-0.39, 0.29) is 44.3 Å². The number of hydrogen-bond donors (Lipinski definition) is 9.